The van der Waals surface area contributed by atoms with Crippen LogP contribution in [0.2, 0.25) is 0 Å². The summed E-state index contributed by atoms with van der Waals surface area (Å²) >= 11 is 1.55. The van der Waals surface area contributed by atoms with Crippen LogP contribution in [0.1, 0.15) is 35.6 Å². The number of nitrogens with zero attached hydrogens (tertiary/aromatic N) is 2. The monoisotopic (exact) mass is 363 g/mol. The highest BCUT2D eigenvalue weighted by atomic mass is 32.1. The molecule has 1 atom stereocenters. The quantitative estimate of drug-likeness (QED) is 0.746. The molecule has 0 bridgehead atoms. The fourth-order valence-electron chi connectivity index (χ4n) is 3.54. The number of fused-ring (bicyclic) bond motifs is 1. The van der Waals surface area contributed by atoms with Gasteiger partial charge < -0.3 is 5.32 Å². The maximum atomic E-state index is 12.4. The smallest absolute Gasteiger partial charge is 0.226 e. The number of carbonyl (C=O) groups is 1. The molecule has 0 saturated heterocycles. The molecule has 132 valence electrons. The molecule has 2 aromatic heterocycles. The number of thiazole rings is 1. The first kappa shape index (κ1) is 16.9. The Labute approximate surface area is 157 Å². The molecule has 26 heavy (non-hydrogen) atoms. The molecule has 4 rings (SSSR count). The molecule has 1 N–H and O–H groups in total. The van der Waals surface area contributed by atoms with Gasteiger partial charge in [0.2, 0.25) is 5.91 Å². The van der Waals surface area contributed by atoms with Crippen molar-refractivity contribution in [3.8, 4) is 10.6 Å². The van der Waals surface area contributed by atoms with Crippen molar-refractivity contribution in [2.75, 3.05) is 6.54 Å². The first-order valence-electron chi connectivity index (χ1n) is 8.99. The number of nitrogens with one attached hydrogen (secondary N) is 1. The van der Waals surface area contributed by atoms with Crippen molar-refractivity contribution < 1.29 is 4.79 Å². The van der Waals surface area contributed by atoms with Crippen molar-refractivity contribution in [1.29, 1.82) is 0 Å². The predicted molar refractivity (Wildman–Crippen MR) is 104 cm³/mol. The van der Waals surface area contributed by atoms with Crippen molar-refractivity contribution in [1.82, 2.24) is 15.3 Å². The van der Waals surface area contributed by atoms with Gasteiger partial charge in [-0.3, -0.25) is 9.78 Å². The van der Waals surface area contributed by atoms with Gasteiger partial charge in [-0.05, 0) is 42.5 Å². The van der Waals surface area contributed by atoms with Crippen LogP contribution in [0.4, 0.5) is 0 Å². The van der Waals surface area contributed by atoms with Crippen molar-refractivity contribution in [2.45, 2.75) is 31.6 Å². The molecule has 1 amide bonds. The van der Waals surface area contributed by atoms with E-state index in [-0.39, 0.29) is 5.91 Å². The molecule has 0 spiro atoms. The van der Waals surface area contributed by atoms with Crippen molar-refractivity contribution in [3.63, 3.8) is 0 Å². The van der Waals surface area contributed by atoms with E-state index >= 15 is 0 Å². The van der Waals surface area contributed by atoms with Crippen LogP contribution in [0.3, 0.4) is 0 Å². The minimum atomic E-state index is 0.0380. The van der Waals surface area contributed by atoms with Gasteiger partial charge in [0.05, 0.1) is 12.1 Å². The van der Waals surface area contributed by atoms with Crippen LogP contribution in [0.15, 0.2) is 54.2 Å². The number of rotatable bonds is 5. The Kier molecular flexibility index (Phi) is 5.07. The lowest BCUT2D eigenvalue weighted by molar-refractivity contribution is -0.120. The molecule has 0 fully saturated rings. The van der Waals surface area contributed by atoms with Crippen molar-refractivity contribution >= 4 is 17.2 Å². The minimum Gasteiger partial charge on any atom is -0.355 e. The first-order valence-corrected chi connectivity index (χ1v) is 9.87. The van der Waals surface area contributed by atoms with Gasteiger partial charge in [-0.2, -0.15) is 0 Å². The van der Waals surface area contributed by atoms with Gasteiger partial charge in [0.15, 0.2) is 0 Å². The van der Waals surface area contributed by atoms with Gasteiger partial charge in [-0.1, -0.05) is 24.3 Å². The SMILES string of the molecule is O=C(Cc1csc(-c2cccnc2)n1)NCC1CCCc2ccccc21. The van der Waals surface area contributed by atoms with Crippen LogP contribution in [0.25, 0.3) is 10.6 Å². The summed E-state index contributed by atoms with van der Waals surface area (Å²) in [4.78, 5) is 21.0. The third-order valence-corrected chi connectivity index (χ3v) is 5.78. The summed E-state index contributed by atoms with van der Waals surface area (Å²) in [6, 6.07) is 12.5. The van der Waals surface area contributed by atoms with E-state index in [1.54, 1.807) is 23.7 Å². The van der Waals surface area contributed by atoms with E-state index in [1.807, 2.05) is 17.5 Å². The molecule has 0 aliphatic heterocycles. The molecule has 3 aromatic rings. The fourth-order valence-corrected chi connectivity index (χ4v) is 4.35. The molecular weight excluding hydrogens is 342 g/mol. The lowest BCUT2D eigenvalue weighted by Gasteiger charge is -2.25. The lowest BCUT2D eigenvalue weighted by Crippen LogP contribution is -2.31. The molecule has 0 radical (unpaired) electrons. The van der Waals surface area contributed by atoms with Gasteiger partial charge >= 0.3 is 0 Å². The zero-order valence-electron chi connectivity index (χ0n) is 14.5. The number of aryl methyl sites for hydroxylation is 1. The Morgan fingerprint density at radius 2 is 2.15 bits per heavy atom. The van der Waals surface area contributed by atoms with E-state index in [1.165, 1.54) is 17.5 Å². The number of hydrogen-bond donors (Lipinski definition) is 1. The van der Waals surface area contributed by atoms with Crippen LogP contribution in [-0.2, 0) is 17.6 Å². The number of hydrogen-bond acceptors (Lipinski definition) is 4. The number of carbonyl (C=O) groups excluding carboxylic acids is 1. The summed E-state index contributed by atoms with van der Waals surface area (Å²) in [6.45, 7) is 0.704. The number of pyridine rings is 1. The van der Waals surface area contributed by atoms with Crippen LogP contribution in [0.5, 0.6) is 0 Å². The third-order valence-electron chi connectivity index (χ3n) is 4.84. The van der Waals surface area contributed by atoms with Crippen molar-refractivity contribution in [3.05, 3.63) is 71.0 Å². The van der Waals surface area contributed by atoms with Gasteiger partial charge in [-0.25, -0.2) is 4.98 Å². The Balaban J connectivity index is 1.35. The zero-order chi connectivity index (χ0) is 17.8. The summed E-state index contributed by atoms with van der Waals surface area (Å²) in [6.07, 6.45) is 7.34. The molecule has 1 aliphatic carbocycles. The van der Waals surface area contributed by atoms with Crippen LogP contribution >= 0.6 is 11.3 Å². The van der Waals surface area contributed by atoms with Gasteiger partial charge in [0.1, 0.15) is 5.01 Å². The second kappa shape index (κ2) is 7.79. The highest BCUT2D eigenvalue weighted by Gasteiger charge is 2.20. The largest absolute Gasteiger partial charge is 0.355 e. The summed E-state index contributed by atoms with van der Waals surface area (Å²) in [5.41, 5.74) is 4.63. The normalized spacial score (nSPS) is 16.1. The van der Waals surface area contributed by atoms with E-state index in [0.29, 0.717) is 18.9 Å². The van der Waals surface area contributed by atoms with Crippen molar-refractivity contribution in [2.24, 2.45) is 0 Å². The Hall–Kier alpha value is -2.53. The maximum absolute atomic E-state index is 12.4. The molecule has 2 heterocycles. The lowest BCUT2D eigenvalue weighted by atomic mass is 9.83. The molecule has 1 aliphatic rings. The Bertz CT molecular complexity index is 891. The number of aromatic nitrogens is 2. The van der Waals surface area contributed by atoms with E-state index in [4.69, 9.17) is 0 Å². The molecule has 1 aromatic carbocycles. The maximum Gasteiger partial charge on any atom is 0.226 e. The minimum absolute atomic E-state index is 0.0380. The van der Waals surface area contributed by atoms with E-state index in [9.17, 15) is 4.79 Å². The molecule has 1 unspecified atom stereocenters. The molecule has 5 heteroatoms. The van der Waals surface area contributed by atoms with Crippen LogP contribution in [-0.4, -0.2) is 22.4 Å². The predicted octanol–water partition coefficient (Wildman–Crippen LogP) is 3.98. The van der Waals surface area contributed by atoms with Crippen LogP contribution in [0, 0.1) is 0 Å². The zero-order valence-corrected chi connectivity index (χ0v) is 15.3. The highest BCUT2D eigenvalue weighted by Crippen LogP contribution is 2.30. The topological polar surface area (TPSA) is 54.9 Å². The van der Waals surface area contributed by atoms with E-state index < -0.39 is 0 Å². The van der Waals surface area contributed by atoms with Crippen LogP contribution < -0.4 is 5.32 Å². The Morgan fingerprint density at radius 1 is 1.23 bits per heavy atom. The van der Waals surface area contributed by atoms with Gasteiger partial charge in [0, 0.05) is 35.8 Å². The third kappa shape index (κ3) is 3.83. The Morgan fingerprint density at radius 3 is 3.04 bits per heavy atom. The summed E-state index contributed by atoms with van der Waals surface area (Å²) < 4.78 is 0. The second-order valence-electron chi connectivity index (χ2n) is 6.65. The summed E-state index contributed by atoms with van der Waals surface area (Å²) in [5, 5.41) is 5.97. The number of amides is 1. The molecular formula is C21H21N3OS. The average Bonchev–Trinajstić information content (AvgIpc) is 3.15. The van der Waals surface area contributed by atoms with E-state index in [0.717, 1.165) is 29.1 Å². The fraction of sp³-hybridized carbons (Fsp3) is 0.286. The second-order valence-corrected chi connectivity index (χ2v) is 7.51. The van der Waals surface area contributed by atoms with Gasteiger partial charge in [0.25, 0.3) is 0 Å². The number of benzene rings is 1. The van der Waals surface area contributed by atoms with E-state index in [2.05, 4.69) is 39.6 Å². The first-order chi connectivity index (χ1) is 12.8. The van der Waals surface area contributed by atoms with Gasteiger partial charge in [-0.15, -0.1) is 11.3 Å². The summed E-state index contributed by atoms with van der Waals surface area (Å²) in [5.74, 6) is 0.460. The molecule has 4 nitrogen and oxygen atoms in total. The highest BCUT2D eigenvalue weighted by molar-refractivity contribution is 7.13. The molecule has 0 saturated carbocycles. The average molecular weight is 363 g/mol. The standard InChI is InChI=1S/C21H21N3OS/c25-20(11-18-14-26-21(24-18)17-8-4-10-22-12-17)23-13-16-7-3-6-15-5-1-2-9-19(15)16/h1-2,4-5,8-10,12,14,16H,3,6-7,11,13H2,(H,23,25). The summed E-state index contributed by atoms with van der Waals surface area (Å²) in [7, 11) is 0.